The van der Waals surface area contributed by atoms with Gasteiger partial charge >= 0.3 is 11.9 Å². The van der Waals surface area contributed by atoms with E-state index in [1.165, 1.54) is 10.8 Å². The van der Waals surface area contributed by atoms with Gasteiger partial charge in [0, 0.05) is 10.9 Å². The van der Waals surface area contributed by atoms with E-state index in [4.69, 9.17) is 10.2 Å². The second-order valence-electron chi connectivity index (χ2n) is 3.16. The molecule has 2 atom stereocenters. The van der Waals surface area contributed by atoms with Crippen LogP contribution in [0.5, 0.6) is 0 Å². The Kier molecular flexibility index (Phi) is 3.99. The highest BCUT2D eigenvalue weighted by atomic mass is 32.1. The lowest BCUT2D eigenvalue weighted by Crippen LogP contribution is -2.22. The molecule has 0 amide bonds. The summed E-state index contributed by atoms with van der Waals surface area (Å²) in [5.41, 5.74) is -0.0896. The largest absolute Gasteiger partial charge is 0.481 e. The quantitative estimate of drug-likeness (QED) is 0.594. The molecule has 1 aromatic heterocycles. The van der Waals surface area contributed by atoms with Crippen molar-refractivity contribution in [1.82, 2.24) is 0 Å². The summed E-state index contributed by atoms with van der Waals surface area (Å²) >= 11 is 1.06. The smallest absolute Gasteiger partial charge is 0.336 e. The van der Waals surface area contributed by atoms with Gasteiger partial charge in [-0.2, -0.15) is 11.3 Å². The monoisotopic (exact) mass is 246 g/mol. The van der Waals surface area contributed by atoms with E-state index in [2.05, 4.69) is 0 Å². The molecule has 2 unspecified atom stereocenters. The number of thiophene rings is 1. The van der Waals surface area contributed by atoms with Gasteiger partial charge in [-0.15, -0.1) is 0 Å². The van der Waals surface area contributed by atoms with Gasteiger partial charge in [0.25, 0.3) is 0 Å². The summed E-state index contributed by atoms with van der Waals surface area (Å²) in [5, 5.41) is 38.8. The molecule has 0 spiro atoms. The van der Waals surface area contributed by atoms with Gasteiger partial charge in [0.2, 0.25) is 0 Å². The van der Waals surface area contributed by atoms with E-state index >= 15 is 0 Å². The molecule has 0 saturated carbocycles. The summed E-state index contributed by atoms with van der Waals surface area (Å²) in [6.45, 7) is 0. The fourth-order valence-corrected chi connectivity index (χ4v) is 2.06. The van der Waals surface area contributed by atoms with Crippen molar-refractivity contribution in [3.63, 3.8) is 0 Å². The van der Waals surface area contributed by atoms with Crippen LogP contribution in [0.4, 0.5) is 0 Å². The minimum absolute atomic E-state index is 0.0336. The second-order valence-corrected chi connectivity index (χ2v) is 3.90. The average Bonchev–Trinajstić information content (AvgIpc) is 2.63. The molecule has 16 heavy (non-hydrogen) atoms. The van der Waals surface area contributed by atoms with Gasteiger partial charge in [0.15, 0.2) is 0 Å². The van der Waals surface area contributed by atoms with E-state index in [-0.39, 0.29) is 11.1 Å². The Labute approximate surface area is 94.4 Å². The highest BCUT2D eigenvalue weighted by Crippen LogP contribution is 2.26. The molecule has 88 valence electrons. The molecule has 0 aliphatic carbocycles. The van der Waals surface area contributed by atoms with E-state index in [0.717, 1.165) is 11.3 Å². The van der Waals surface area contributed by atoms with Crippen molar-refractivity contribution >= 4 is 23.3 Å². The molecule has 1 heterocycles. The Balaban J connectivity index is 2.87. The number of aliphatic carboxylic acids is 1. The van der Waals surface area contributed by atoms with Crippen LogP contribution in [-0.4, -0.2) is 38.5 Å². The first-order valence-electron chi connectivity index (χ1n) is 4.30. The Morgan fingerprint density at radius 3 is 2.38 bits per heavy atom. The SMILES string of the molecule is O=C(O)CC(O)C(O)c1cscc1C(=O)O. The Hall–Kier alpha value is -1.44. The number of carbonyl (C=O) groups is 2. The van der Waals surface area contributed by atoms with Gasteiger partial charge < -0.3 is 20.4 Å². The summed E-state index contributed by atoms with van der Waals surface area (Å²) < 4.78 is 0. The normalized spacial score (nSPS) is 14.4. The maximum Gasteiger partial charge on any atom is 0.336 e. The molecule has 0 aliphatic heterocycles. The number of aliphatic hydroxyl groups is 2. The Bertz CT molecular complexity index is 398. The molecule has 0 radical (unpaired) electrons. The molecular weight excluding hydrogens is 236 g/mol. The number of hydrogen-bond donors (Lipinski definition) is 4. The highest BCUT2D eigenvalue weighted by molar-refractivity contribution is 7.08. The minimum Gasteiger partial charge on any atom is -0.481 e. The Morgan fingerprint density at radius 1 is 1.25 bits per heavy atom. The summed E-state index contributed by atoms with van der Waals surface area (Å²) in [7, 11) is 0. The fourth-order valence-electron chi connectivity index (χ4n) is 1.21. The third kappa shape index (κ3) is 2.78. The zero-order valence-corrected chi connectivity index (χ0v) is 8.85. The molecule has 1 aromatic rings. The number of aromatic carboxylic acids is 1. The lowest BCUT2D eigenvalue weighted by molar-refractivity contribution is -0.141. The first kappa shape index (κ1) is 12.6. The standard InChI is InChI=1S/C9H10O6S/c10-6(1-7(11)12)8(13)4-2-16-3-5(4)9(14)15/h2-3,6,8,10,13H,1H2,(H,11,12)(H,14,15). The average molecular weight is 246 g/mol. The predicted octanol–water partition coefficient (Wildman–Crippen LogP) is 0.315. The number of hydrogen-bond acceptors (Lipinski definition) is 5. The van der Waals surface area contributed by atoms with Crippen LogP contribution in [0.1, 0.15) is 28.4 Å². The number of carboxylic acids is 2. The van der Waals surface area contributed by atoms with Crippen LogP contribution in [0.15, 0.2) is 10.8 Å². The van der Waals surface area contributed by atoms with Crippen LogP contribution in [-0.2, 0) is 4.79 Å². The van der Waals surface area contributed by atoms with Crippen LogP contribution in [0.2, 0.25) is 0 Å². The molecule has 7 heteroatoms. The van der Waals surface area contributed by atoms with Crippen molar-refractivity contribution in [3.05, 3.63) is 21.9 Å². The van der Waals surface area contributed by atoms with Crippen LogP contribution in [0.25, 0.3) is 0 Å². The van der Waals surface area contributed by atoms with Crippen molar-refractivity contribution < 1.29 is 30.0 Å². The van der Waals surface area contributed by atoms with E-state index in [1.54, 1.807) is 0 Å². The summed E-state index contributed by atoms with van der Waals surface area (Å²) in [5.74, 6) is -2.49. The van der Waals surface area contributed by atoms with Crippen molar-refractivity contribution in [2.75, 3.05) is 0 Å². The molecule has 0 aliphatic rings. The van der Waals surface area contributed by atoms with Crippen molar-refractivity contribution in [3.8, 4) is 0 Å². The Morgan fingerprint density at radius 2 is 1.88 bits per heavy atom. The van der Waals surface area contributed by atoms with Gasteiger partial charge in [0.05, 0.1) is 18.1 Å². The van der Waals surface area contributed by atoms with Crippen LogP contribution in [0, 0.1) is 0 Å². The molecular formula is C9H10O6S. The van der Waals surface area contributed by atoms with Crippen LogP contribution in [0.3, 0.4) is 0 Å². The fraction of sp³-hybridized carbons (Fsp3) is 0.333. The molecule has 0 aromatic carbocycles. The first-order valence-corrected chi connectivity index (χ1v) is 5.25. The van der Waals surface area contributed by atoms with Crippen LogP contribution < -0.4 is 0 Å². The van der Waals surface area contributed by atoms with Gasteiger partial charge in [-0.1, -0.05) is 0 Å². The minimum atomic E-state index is -1.52. The maximum absolute atomic E-state index is 10.7. The zero-order valence-electron chi connectivity index (χ0n) is 8.03. The predicted molar refractivity (Wildman–Crippen MR) is 54.5 cm³/mol. The number of rotatable bonds is 5. The van der Waals surface area contributed by atoms with Crippen LogP contribution >= 0.6 is 11.3 Å². The molecule has 4 N–H and O–H groups in total. The first-order chi connectivity index (χ1) is 7.43. The van der Waals surface area contributed by atoms with Gasteiger partial charge in [0.1, 0.15) is 6.10 Å². The lowest BCUT2D eigenvalue weighted by atomic mass is 10.0. The molecule has 0 fully saturated rings. The lowest BCUT2D eigenvalue weighted by Gasteiger charge is -2.15. The van der Waals surface area contributed by atoms with Gasteiger partial charge in [-0.25, -0.2) is 4.79 Å². The highest BCUT2D eigenvalue weighted by Gasteiger charge is 2.26. The third-order valence-corrected chi connectivity index (χ3v) is 2.75. The maximum atomic E-state index is 10.7. The topological polar surface area (TPSA) is 115 Å². The van der Waals surface area contributed by atoms with E-state index in [9.17, 15) is 19.8 Å². The van der Waals surface area contributed by atoms with Gasteiger partial charge in [-0.05, 0) is 5.38 Å². The molecule has 0 saturated heterocycles. The van der Waals surface area contributed by atoms with E-state index < -0.39 is 30.6 Å². The van der Waals surface area contributed by atoms with Crippen molar-refractivity contribution in [2.24, 2.45) is 0 Å². The number of carboxylic acid groups (broad SMARTS) is 2. The van der Waals surface area contributed by atoms with Gasteiger partial charge in [-0.3, -0.25) is 4.79 Å². The number of aliphatic hydroxyl groups excluding tert-OH is 2. The third-order valence-electron chi connectivity index (χ3n) is 1.99. The summed E-state index contributed by atoms with van der Waals surface area (Å²) in [6.07, 6.45) is -3.67. The van der Waals surface area contributed by atoms with Crippen molar-refractivity contribution in [2.45, 2.75) is 18.6 Å². The van der Waals surface area contributed by atoms with E-state index in [0.29, 0.717) is 0 Å². The molecule has 1 rings (SSSR count). The molecule has 6 nitrogen and oxygen atoms in total. The summed E-state index contributed by atoms with van der Waals surface area (Å²) in [4.78, 5) is 21.0. The molecule has 0 bridgehead atoms. The van der Waals surface area contributed by atoms with E-state index in [1.807, 2.05) is 0 Å². The van der Waals surface area contributed by atoms with Crippen molar-refractivity contribution in [1.29, 1.82) is 0 Å². The zero-order chi connectivity index (χ0) is 12.3. The second kappa shape index (κ2) is 5.06. The summed E-state index contributed by atoms with van der Waals surface area (Å²) in [6, 6.07) is 0.